The van der Waals surface area contributed by atoms with Crippen LogP contribution >= 0.6 is 12.2 Å². The molecule has 2 fully saturated rings. The van der Waals surface area contributed by atoms with Crippen molar-refractivity contribution in [2.75, 3.05) is 13.2 Å². The van der Waals surface area contributed by atoms with Gasteiger partial charge < -0.3 is 20.5 Å². The standard InChI is InChI=1S/C19H28N2O2S/c1-12-4-3-5-13(2)18(12)23-11-16(22)10-20-19(24)21-17-9-14-6-7-15(17)8-14/h3-5,14-17,22H,6-11H2,1-2H3,(H2,20,21,24)/t14-,15-,16-,17-/m0/s1. The van der Waals surface area contributed by atoms with E-state index in [1.54, 1.807) is 0 Å². The van der Waals surface area contributed by atoms with Crippen LogP contribution in [0, 0.1) is 25.7 Å². The highest BCUT2D eigenvalue weighted by atomic mass is 32.1. The number of fused-ring (bicyclic) bond motifs is 2. The van der Waals surface area contributed by atoms with Crippen molar-refractivity contribution in [3.8, 4) is 5.75 Å². The fourth-order valence-electron chi connectivity index (χ4n) is 4.12. The van der Waals surface area contributed by atoms with E-state index >= 15 is 0 Å². The third-order valence-electron chi connectivity index (χ3n) is 5.38. The average molecular weight is 349 g/mol. The Bertz CT molecular complexity index is 572. The van der Waals surface area contributed by atoms with Crippen LogP contribution < -0.4 is 15.4 Å². The van der Waals surface area contributed by atoms with Gasteiger partial charge in [0.2, 0.25) is 0 Å². The number of aliphatic hydroxyl groups excluding tert-OH is 1. The zero-order chi connectivity index (χ0) is 17.1. The summed E-state index contributed by atoms with van der Waals surface area (Å²) in [6.07, 6.45) is 4.72. The molecule has 0 aromatic heterocycles. The maximum absolute atomic E-state index is 10.1. The zero-order valence-corrected chi connectivity index (χ0v) is 15.4. The van der Waals surface area contributed by atoms with Gasteiger partial charge in [0.15, 0.2) is 5.11 Å². The molecule has 0 amide bonds. The Morgan fingerprint density at radius 1 is 1.29 bits per heavy atom. The number of para-hydroxylation sites is 1. The second-order valence-electron chi connectivity index (χ2n) is 7.32. The van der Waals surface area contributed by atoms with Gasteiger partial charge in [-0.25, -0.2) is 0 Å². The smallest absolute Gasteiger partial charge is 0.166 e. The summed E-state index contributed by atoms with van der Waals surface area (Å²) < 4.78 is 5.78. The summed E-state index contributed by atoms with van der Waals surface area (Å²) in [5.74, 6) is 2.54. The molecule has 0 radical (unpaired) electrons. The minimum atomic E-state index is -0.594. The van der Waals surface area contributed by atoms with Crippen molar-refractivity contribution in [2.45, 2.75) is 51.7 Å². The van der Waals surface area contributed by atoms with Crippen LogP contribution in [0.15, 0.2) is 18.2 Å². The average Bonchev–Trinajstić information content (AvgIpc) is 3.15. The molecule has 24 heavy (non-hydrogen) atoms. The predicted molar refractivity (Wildman–Crippen MR) is 100 cm³/mol. The van der Waals surface area contributed by atoms with Gasteiger partial charge in [-0.05, 0) is 68.3 Å². The van der Waals surface area contributed by atoms with Crippen molar-refractivity contribution >= 4 is 17.3 Å². The first-order valence-electron chi connectivity index (χ1n) is 8.94. The maximum Gasteiger partial charge on any atom is 0.166 e. The molecule has 132 valence electrons. The molecule has 0 heterocycles. The lowest BCUT2D eigenvalue weighted by molar-refractivity contribution is 0.109. The topological polar surface area (TPSA) is 53.5 Å². The highest BCUT2D eigenvalue weighted by Gasteiger charge is 2.39. The van der Waals surface area contributed by atoms with Crippen LogP contribution in [0.25, 0.3) is 0 Å². The van der Waals surface area contributed by atoms with Crippen molar-refractivity contribution < 1.29 is 9.84 Å². The number of aryl methyl sites for hydroxylation is 2. The molecule has 3 N–H and O–H groups in total. The van der Waals surface area contributed by atoms with Crippen LogP contribution in [0.3, 0.4) is 0 Å². The molecule has 0 spiro atoms. The van der Waals surface area contributed by atoms with E-state index < -0.39 is 6.10 Å². The van der Waals surface area contributed by atoms with Gasteiger partial charge in [-0.1, -0.05) is 24.6 Å². The first kappa shape index (κ1) is 17.5. The number of benzene rings is 1. The van der Waals surface area contributed by atoms with Gasteiger partial charge in [0.25, 0.3) is 0 Å². The first-order chi connectivity index (χ1) is 11.5. The molecule has 4 nitrogen and oxygen atoms in total. The third-order valence-corrected chi connectivity index (χ3v) is 5.64. The number of nitrogens with one attached hydrogen (secondary N) is 2. The SMILES string of the molecule is Cc1cccc(C)c1OC[C@@H](O)CNC(=S)N[C@H]1C[C@H]2CC[C@H]1C2. The Labute approximate surface area is 150 Å². The largest absolute Gasteiger partial charge is 0.490 e. The molecule has 0 saturated heterocycles. The molecule has 2 bridgehead atoms. The highest BCUT2D eigenvalue weighted by Crippen LogP contribution is 2.44. The van der Waals surface area contributed by atoms with E-state index in [9.17, 15) is 5.11 Å². The lowest BCUT2D eigenvalue weighted by Gasteiger charge is -2.25. The zero-order valence-electron chi connectivity index (χ0n) is 14.5. The van der Waals surface area contributed by atoms with Gasteiger partial charge in [0, 0.05) is 12.6 Å². The molecular weight excluding hydrogens is 320 g/mol. The van der Waals surface area contributed by atoms with E-state index in [-0.39, 0.29) is 6.61 Å². The minimum Gasteiger partial charge on any atom is -0.490 e. The fourth-order valence-corrected chi connectivity index (χ4v) is 4.35. The van der Waals surface area contributed by atoms with E-state index in [0.717, 1.165) is 28.7 Å². The van der Waals surface area contributed by atoms with E-state index in [2.05, 4.69) is 10.6 Å². The molecular formula is C19H28N2O2S. The van der Waals surface area contributed by atoms with Crippen LogP contribution in [0.5, 0.6) is 5.75 Å². The molecule has 5 heteroatoms. The number of rotatable bonds is 6. The fraction of sp³-hybridized carbons (Fsp3) is 0.632. The highest BCUT2D eigenvalue weighted by molar-refractivity contribution is 7.80. The second kappa shape index (κ2) is 7.70. The summed E-state index contributed by atoms with van der Waals surface area (Å²) >= 11 is 5.37. The molecule has 1 aromatic rings. The minimum absolute atomic E-state index is 0.259. The van der Waals surface area contributed by atoms with Crippen LogP contribution in [0.4, 0.5) is 0 Å². The third kappa shape index (κ3) is 4.19. The Morgan fingerprint density at radius 3 is 2.67 bits per heavy atom. The van der Waals surface area contributed by atoms with Gasteiger partial charge in [-0.3, -0.25) is 0 Å². The van der Waals surface area contributed by atoms with Crippen molar-refractivity contribution in [3.63, 3.8) is 0 Å². The molecule has 4 atom stereocenters. The molecule has 0 aliphatic heterocycles. The monoisotopic (exact) mass is 348 g/mol. The Balaban J connectivity index is 1.37. The van der Waals surface area contributed by atoms with E-state index in [0.29, 0.717) is 17.7 Å². The molecule has 3 rings (SSSR count). The normalized spacial score (nSPS) is 26.2. The number of thiocarbonyl (C=S) groups is 1. The summed E-state index contributed by atoms with van der Waals surface area (Å²) in [5.41, 5.74) is 2.17. The lowest BCUT2D eigenvalue weighted by Crippen LogP contribution is -2.46. The summed E-state index contributed by atoms with van der Waals surface area (Å²) in [4.78, 5) is 0. The molecule has 0 unspecified atom stereocenters. The lowest BCUT2D eigenvalue weighted by atomic mass is 9.96. The molecule has 1 aromatic carbocycles. The van der Waals surface area contributed by atoms with Gasteiger partial charge in [0.05, 0.1) is 0 Å². The summed E-state index contributed by atoms with van der Waals surface area (Å²) in [6, 6.07) is 6.56. The summed E-state index contributed by atoms with van der Waals surface area (Å²) in [6.45, 7) is 4.69. The molecule has 2 aliphatic rings. The Morgan fingerprint density at radius 2 is 2.04 bits per heavy atom. The molecule has 2 saturated carbocycles. The van der Waals surface area contributed by atoms with Crippen LogP contribution in [0.2, 0.25) is 0 Å². The maximum atomic E-state index is 10.1. The number of ether oxygens (including phenoxy) is 1. The quantitative estimate of drug-likeness (QED) is 0.690. The number of hydrogen-bond donors (Lipinski definition) is 3. The van der Waals surface area contributed by atoms with E-state index in [1.807, 2.05) is 32.0 Å². The predicted octanol–water partition coefficient (Wildman–Crippen LogP) is 2.70. The van der Waals surface area contributed by atoms with Crippen molar-refractivity contribution in [1.29, 1.82) is 0 Å². The van der Waals surface area contributed by atoms with Crippen LogP contribution in [-0.4, -0.2) is 35.5 Å². The van der Waals surface area contributed by atoms with Gasteiger partial charge in [-0.2, -0.15) is 0 Å². The van der Waals surface area contributed by atoms with Gasteiger partial charge >= 0.3 is 0 Å². The summed E-state index contributed by atoms with van der Waals surface area (Å²) in [7, 11) is 0. The first-order valence-corrected chi connectivity index (χ1v) is 9.35. The van der Waals surface area contributed by atoms with Crippen molar-refractivity contribution in [2.24, 2.45) is 11.8 Å². The van der Waals surface area contributed by atoms with E-state index in [4.69, 9.17) is 17.0 Å². The number of hydrogen-bond acceptors (Lipinski definition) is 3. The van der Waals surface area contributed by atoms with Crippen LogP contribution in [-0.2, 0) is 0 Å². The number of aliphatic hydroxyl groups is 1. The van der Waals surface area contributed by atoms with Gasteiger partial charge in [-0.15, -0.1) is 0 Å². The second-order valence-corrected chi connectivity index (χ2v) is 7.73. The Hall–Kier alpha value is -1.33. The molecule has 2 aliphatic carbocycles. The van der Waals surface area contributed by atoms with E-state index in [1.165, 1.54) is 25.7 Å². The van der Waals surface area contributed by atoms with Crippen LogP contribution in [0.1, 0.15) is 36.8 Å². The van der Waals surface area contributed by atoms with Crippen molar-refractivity contribution in [1.82, 2.24) is 10.6 Å². The summed E-state index contributed by atoms with van der Waals surface area (Å²) in [5, 5.41) is 17.3. The van der Waals surface area contributed by atoms with Gasteiger partial charge in [0.1, 0.15) is 18.5 Å². The Kier molecular flexibility index (Phi) is 5.61. The van der Waals surface area contributed by atoms with Crippen molar-refractivity contribution in [3.05, 3.63) is 29.3 Å².